The minimum Gasteiger partial charge on any atom is -0.502 e. The van der Waals surface area contributed by atoms with Gasteiger partial charge in [-0.1, -0.05) is 17.7 Å². The number of rotatable bonds is 4. The highest BCUT2D eigenvalue weighted by Gasteiger charge is 2.12. The fourth-order valence-corrected chi connectivity index (χ4v) is 1.78. The summed E-state index contributed by atoms with van der Waals surface area (Å²) >= 11 is 0. The highest BCUT2D eigenvalue weighted by Crippen LogP contribution is 2.25. The Kier molecular flexibility index (Phi) is 4.47. The molecule has 0 aromatic heterocycles. The zero-order valence-corrected chi connectivity index (χ0v) is 11.7. The quantitative estimate of drug-likeness (QED) is 0.513. The molecule has 2 rings (SSSR count). The van der Waals surface area contributed by atoms with Crippen LogP contribution in [0.15, 0.2) is 47.6 Å². The van der Waals surface area contributed by atoms with E-state index in [9.17, 15) is 20.0 Å². The molecule has 0 radical (unpaired) electrons. The van der Waals surface area contributed by atoms with Gasteiger partial charge in [-0.25, -0.2) is 5.43 Å². The number of hydrazone groups is 1. The van der Waals surface area contributed by atoms with Gasteiger partial charge >= 0.3 is 5.69 Å². The Hall–Kier alpha value is -3.22. The topological polar surface area (TPSA) is 105 Å². The smallest absolute Gasteiger partial charge is 0.311 e. The Morgan fingerprint density at radius 1 is 1.32 bits per heavy atom. The molecule has 112 valence electrons. The summed E-state index contributed by atoms with van der Waals surface area (Å²) in [4.78, 5) is 21.9. The van der Waals surface area contributed by atoms with Gasteiger partial charge in [0.25, 0.3) is 5.91 Å². The molecule has 2 aromatic carbocycles. The molecule has 2 aromatic rings. The van der Waals surface area contributed by atoms with Gasteiger partial charge in [0.15, 0.2) is 5.75 Å². The van der Waals surface area contributed by atoms with E-state index in [2.05, 4.69) is 10.5 Å². The first kappa shape index (κ1) is 15.2. The zero-order valence-electron chi connectivity index (χ0n) is 11.7. The van der Waals surface area contributed by atoms with Crippen molar-refractivity contribution in [2.75, 3.05) is 0 Å². The van der Waals surface area contributed by atoms with Crippen molar-refractivity contribution in [1.82, 2.24) is 5.43 Å². The van der Waals surface area contributed by atoms with E-state index >= 15 is 0 Å². The maximum atomic E-state index is 11.8. The molecule has 0 aliphatic carbocycles. The average Bonchev–Trinajstić information content (AvgIpc) is 2.48. The van der Waals surface area contributed by atoms with Gasteiger partial charge < -0.3 is 5.11 Å². The fraction of sp³-hybridized carbons (Fsp3) is 0.0667. The van der Waals surface area contributed by atoms with Crippen molar-refractivity contribution in [3.05, 3.63) is 69.3 Å². The first-order chi connectivity index (χ1) is 10.5. The molecule has 0 atom stereocenters. The number of hydrogen-bond donors (Lipinski definition) is 2. The van der Waals surface area contributed by atoms with Gasteiger partial charge in [-0.15, -0.1) is 0 Å². The van der Waals surface area contributed by atoms with Crippen LogP contribution in [-0.2, 0) is 0 Å². The van der Waals surface area contributed by atoms with E-state index in [0.717, 1.165) is 11.6 Å². The lowest BCUT2D eigenvalue weighted by Gasteiger charge is -2.01. The van der Waals surface area contributed by atoms with Gasteiger partial charge in [-0.05, 0) is 31.2 Å². The second kappa shape index (κ2) is 6.49. The number of carbonyl (C=O) groups is 1. The number of nitrogens with one attached hydrogen (secondary N) is 1. The molecule has 0 saturated carbocycles. The van der Waals surface area contributed by atoms with Crippen molar-refractivity contribution in [3.8, 4) is 5.75 Å². The fourth-order valence-electron chi connectivity index (χ4n) is 1.78. The second-order valence-corrected chi connectivity index (χ2v) is 4.57. The Balaban J connectivity index is 2.08. The molecule has 0 bridgehead atoms. The summed E-state index contributed by atoms with van der Waals surface area (Å²) in [5.41, 5.74) is 3.71. The number of carbonyl (C=O) groups excluding carboxylic acids is 1. The van der Waals surface area contributed by atoms with Crippen LogP contribution in [0.25, 0.3) is 0 Å². The third-order valence-electron chi connectivity index (χ3n) is 2.86. The van der Waals surface area contributed by atoms with E-state index in [-0.39, 0.29) is 5.91 Å². The SMILES string of the molecule is Cc1cccc(C(=O)NN=Cc2ccc(O)c([N+](=O)[O-])c2)c1. The van der Waals surface area contributed by atoms with E-state index in [1.807, 2.05) is 13.0 Å². The molecule has 7 heteroatoms. The van der Waals surface area contributed by atoms with E-state index < -0.39 is 16.4 Å². The van der Waals surface area contributed by atoms with Gasteiger partial charge in [0.1, 0.15) is 0 Å². The van der Waals surface area contributed by atoms with Crippen molar-refractivity contribution in [2.45, 2.75) is 6.92 Å². The van der Waals surface area contributed by atoms with E-state index in [4.69, 9.17) is 0 Å². The number of amides is 1. The van der Waals surface area contributed by atoms with Crippen molar-refractivity contribution >= 4 is 17.8 Å². The van der Waals surface area contributed by atoms with Crippen molar-refractivity contribution in [2.24, 2.45) is 5.10 Å². The molecule has 0 spiro atoms. The molecule has 22 heavy (non-hydrogen) atoms. The van der Waals surface area contributed by atoms with Crippen LogP contribution in [0.3, 0.4) is 0 Å². The lowest BCUT2D eigenvalue weighted by Crippen LogP contribution is -2.17. The number of phenols is 1. The summed E-state index contributed by atoms with van der Waals surface area (Å²) in [6.07, 6.45) is 1.26. The van der Waals surface area contributed by atoms with Gasteiger partial charge in [-0.2, -0.15) is 5.10 Å². The second-order valence-electron chi connectivity index (χ2n) is 4.57. The maximum absolute atomic E-state index is 11.8. The number of hydrogen-bond acceptors (Lipinski definition) is 5. The van der Waals surface area contributed by atoms with Crippen LogP contribution < -0.4 is 5.43 Å². The number of aryl methyl sites for hydroxylation is 1. The average molecular weight is 299 g/mol. The van der Waals surface area contributed by atoms with Gasteiger partial charge in [-0.3, -0.25) is 14.9 Å². The molecular weight excluding hydrogens is 286 g/mol. The molecule has 0 heterocycles. The first-order valence-electron chi connectivity index (χ1n) is 6.35. The van der Waals surface area contributed by atoms with Crippen molar-refractivity contribution in [1.29, 1.82) is 0 Å². The largest absolute Gasteiger partial charge is 0.502 e. The van der Waals surface area contributed by atoms with Crippen LogP contribution in [0.4, 0.5) is 5.69 Å². The number of nitro groups is 1. The lowest BCUT2D eigenvalue weighted by atomic mass is 10.1. The van der Waals surface area contributed by atoms with E-state index in [1.54, 1.807) is 18.2 Å². The Morgan fingerprint density at radius 2 is 2.09 bits per heavy atom. The van der Waals surface area contributed by atoms with Crippen LogP contribution >= 0.6 is 0 Å². The summed E-state index contributed by atoms with van der Waals surface area (Å²) < 4.78 is 0. The Bertz CT molecular complexity index is 756. The number of aromatic hydroxyl groups is 1. The van der Waals surface area contributed by atoms with Crippen LogP contribution in [-0.4, -0.2) is 22.2 Å². The summed E-state index contributed by atoms with van der Waals surface area (Å²) in [6.45, 7) is 1.87. The van der Waals surface area contributed by atoms with E-state index in [0.29, 0.717) is 11.1 Å². The number of nitrogens with zero attached hydrogens (tertiary/aromatic N) is 2. The summed E-state index contributed by atoms with van der Waals surface area (Å²) in [5.74, 6) is -0.806. The first-order valence-corrected chi connectivity index (χ1v) is 6.35. The normalized spacial score (nSPS) is 10.6. The van der Waals surface area contributed by atoms with Crippen LogP contribution in [0, 0.1) is 17.0 Å². The van der Waals surface area contributed by atoms with Crippen LogP contribution in [0.2, 0.25) is 0 Å². The van der Waals surface area contributed by atoms with Gasteiger partial charge in [0.2, 0.25) is 0 Å². The molecule has 0 fully saturated rings. The van der Waals surface area contributed by atoms with Crippen LogP contribution in [0.5, 0.6) is 5.75 Å². The Morgan fingerprint density at radius 3 is 2.77 bits per heavy atom. The standard InChI is InChI=1S/C15H13N3O4/c1-10-3-2-4-12(7-10)15(20)17-16-9-11-5-6-14(19)13(8-11)18(21)22/h2-9,19H,1H3,(H,17,20). The summed E-state index contributed by atoms with van der Waals surface area (Å²) in [7, 11) is 0. The summed E-state index contributed by atoms with van der Waals surface area (Å²) in [6, 6.07) is 10.8. The molecule has 0 aliphatic heterocycles. The third kappa shape index (κ3) is 3.66. The van der Waals surface area contributed by atoms with E-state index in [1.165, 1.54) is 18.3 Å². The number of phenolic OH excluding ortho intramolecular Hbond substituents is 1. The lowest BCUT2D eigenvalue weighted by molar-refractivity contribution is -0.385. The van der Waals surface area contributed by atoms with Gasteiger partial charge in [0, 0.05) is 17.2 Å². The monoisotopic (exact) mass is 299 g/mol. The van der Waals surface area contributed by atoms with Crippen molar-refractivity contribution < 1.29 is 14.8 Å². The minimum atomic E-state index is -0.696. The Labute approximate surface area is 126 Å². The number of benzene rings is 2. The predicted octanol–water partition coefficient (Wildman–Crippen LogP) is 2.37. The third-order valence-corrected chi connectivity index (χ3v) is 2.86. The van der Waals surface area contributed by atoms with Crippen molar-refractivity contribution in [3.63, 3.8) is 0 Å². The molecular formula is C15H13N3O4. The predicted molar refractivity (Wildman–Crippen MR) is 81.0 cm³/mol. The molecule has 0 saturated heterocycles. The van der Waals surface area contributed by atoms with Crippen LogP contribution in [0.1, 0.15) is 21.5 Å². The number of nitro benzene ring substituents is 1. The minimum absolute atomic E-state index is 0.381. The summed E-state index contributed by atoms with van der Waals surface area (Å²) in [5, 5.41) is 23.8. The highest BCUT2D eigenvalue weighted by atomic mass is 16.6. The zero-order chi connectivity index (χ0) is 16.1. The highest BCUT2D eigenvalue weighted by molar-refractivity contribution is 5.95. The molecule has 0 aliphatic rings. The van der Waals surface area contributed by atoms with Gasteiger partial charge in [0.05, 0.1) is 11.1 Å². The maximum Gasteiger partial charge on any atom is 0.311 e. The molecule has 1 amide bonds. The molecule has 0 unspecified atom stereocenters. The molecule has 7 nitrogen and oxygen atoms in total. The molecule has 2 N–H and O–H groups in total.